The molecule has 3 aromatic rings. The zero-order chi connectivity index (χ0) is 16.2. The van der Waals surface area contributed by atoms with Crippen LogP contribution in [0.25, 0.3) is 22.2 Å². The van der Waals surface area contributed by atoms with Gasteiger partial charge in [0, 0.05) is 17.0 Å². The molecule has 0 amide bonds. The van der Waals surface area contributed by atoms with Gasteiger partial charge in [-0.3, -0.25) is 0 Å². The Kier molecular flexibility index (Phi) is 4.55. The van der Waals surface area contributed by atoms with E-state index in [2.05, 4.69) is 12.1 Å². The van der Waals surface area contributed by atoms with Crippen LogP contribution in [0.5, 0.6) is 5.75 Å². The molecule has 118 valence electrons. The predicted octanol–water partition coefficient (Wildman–Crippen LogP) is 3.26. The van der Waals surface area contributed by atoms with Crippen molar-refractivity contribution in [1.29, 1.82) is 0 Å². The maximum atomic E-state index is 6.34. The lowest BCUT2D eigenvalue weighted by Crippen LogP contribution is -2.16. The molecular formula is C19H21N3O. The predicted molar refractivity (Wildman–Crippen MR) is 94.3 cm³/mol. The van der Waals surface area contributed by atoms with E-state index in [1.165, 1.54) is 0 Å². The van der Waals surface area contributed by atoms with Crippen LogP contribution in [0, 0.1) is 0 Å². The highest BCUT2D eigenvalue weighted by atomic mass is 16.5. The molecular weight excluding hydrogens is 286 g/mol. The minimum Gasteiger partial charge on any atom is -0.497 e. The van der Waals surface area contributed by atoms with Crippen molar-refractivity contribution >= 4 is 10.9 Å². The Morgan fingerprint density at radius 3 is 2.52 bits per heavy atom. The molecule has 1 aromatic heterocycles. The number of para-hydroxylation sites is 1. The van der Waals surface area contributed by atoms with Crippen molar-refractivity contribution in [2.45, 2.75) is 12.5 Å². The average Bonchev–Trinajstić information content (AvgIpc) is 2.61. The van der Waals surface area contributed by atoms with E-state index in [4.69, 9.17) is 21.2 Å². The van der Waals surface area contributed by atoms with Crippen LogP contribution in [0.15, 0.2) is 54.6 Å². The smallest absolute Gasteiger partial charge is 0.118 e. The Hall–Kier alpha value is -2.43. The zero-order valence-electron chi connectivity index (χ0n) is 13.2. The number of aromatic nitrogens is 1. The van der Waals surface area contributed by atoms with Crippen molar-refractivity contribution in [2.24, 2.45) is 11.5 Å². The van der Waals surface area contributed by atoms with Gasteiger partial charge in [-0.15, -0.1) is 0 Å². The molecule has 0 bridgehead atoms. The first kappa shape index (κ1) is 15.5. The first-order valence-corrected chi connectivity index (χ1v) is 7.72. The van der Waals surface area contributed by atoms with Crippen molar-refractivity contribution in [3.63, 3.8) is 0 Å². The highest BCUT2D eigenvalue weighted by Gasteiger charge is 2.13. The van der Waals surface area contributed by atoms with E-state index >= 15 is 0 Å². The number of pyridine rings is 1. The summed E-state index contributed by atoms with van der Waals surface area (Å²) in [6.45, 7) is 0.565. The maximum Gasteiger partial charge on any atom is 0.118 e. The van der Waals surface area contributed by atoms with E-state index < -0.39 is 0 Å². The summed E-state index contributed by atoms with van der Waals surface area (Å²) >= 11 is 0. The fourth-order valence-corrected chi connectivity index (χ4v) is 2.75. The van der Waals surface area contributed by atoms with Crippen LogP contribution in [-0.2, 0) is 0 Å². The third-order valence-electron chi connectivity index (χ3n) is 4.01. The number of nitrogens with two attached hydrogens (primary N) is 2. The minimum atomic E-state index is -0.0927. The van der Waals surface area contributed by atoms with Crippen LogP contribution in [0.2, 0.25) is 0 Å². The van der Waals surface area contributed by atoms with Crippen molar-refractivity contribution in [3.8, 4) is 17.0 Å². The molecule has 4 heteroatoms. The molecule has 2 aromatic carbocycles. The summed E-state index contributed by atoms with van der Waals surface area (Å²) in [5.41, 5.74) is 16.0. The molecule has 0 radical (unpaired) electrons. The molecule has 3 rings (SSSR count). The van der Waals surface area contributed by atoms with Crippen LogP contribution in [0.4, 0.5) is 0 Å². The normalized spacial score (nSPS) is 12.3. The third-order valence-corrected chi connectivity index (χ3v) is 4.01. The summed E-state index contributed by atoms with van der Waals surface area (Å²) in [4.78, 5) is 4.78. The van der Waals surface area contributed by atoms with E-state index in [0.717, 1.165) is 39.9 Å². The molecule has 1 atom stereocenters. The van der Waals surface area contributed by atoms with Crippen molar-refractivity contribution in [3.05, 3.63) is 60.2 Å². The second-order valence-corrected chi connectivity index (χ2v) is 5.53. The van der Waals surface area contributed by atoms with E-state index in [9.17, 15) is 0 Å². The summed E-state index contributed by atoms with van der Waals surface area (Å²) in [6, 6.07) is 17.9. The maximum absolute atomic E-state index is 6.34. The molecule has 0 saturated heterocycles. The average molecular weight is 307 g/mol. The molecule has 0 aliphatic carbocycles. The van der Waals surface area contributed by atoms with E-state index in [1.807, 2.05) is 42.5 Å². The molecule has 0 fully saturated rings. The van der Waals surface area contributed by atoms with Crippen molar-refractivity contribution in [2.75, 3.05) is 13.7 Å². The Labute approximate surface area is 136 Å². The highest BCUT2D eigenvalue weighted by Crippen LogP contribution is 2.29. The monoisotopic (exact) mass is 307 g/mol. The van der Waals surface area contributed by atoms with E-state index in [0.29, 0.717) is 6.54 Å². The molecule has 0 spiro atoms. The Morgan fingerprint density at radius 2 is 1.83 bits per heavy atom. The zero-order valence-corrected chi connectivity index (χ0v) is 13.2. The summed E-state index contributed by atoms with van der Waals surface area (Å²) < 4.78 is 5.21. The molecule has 23 heavy (non-hydrogen) atoms. The van der Waals surface area contributed by atoms with Gasteiger partial charge in [-0.25, -0.2) is 4.98 Å². The van der Waals surface area contributed by atoms with Gasteiger partial charge in [-0.05, 0) is 54.9 Å². The number of nitrogens with zero attached hydrogens (tertiary/aromatic N) is 1. The highest BCUT2D eigenvalue weighted by molar-refractivity contribution is 5.85. The van der Waals surface area contributed by atoms with Gasteiger partial charge in [-0.2, -0.15) is 0 Å². The molecule has 1 heterocycles. The van der Waals surface area contributed by atoms with Crippen LogP contribution >= 0.6 is 0 Å². The van der Waals surface area contributed by atoms with Gasteiger partial charge in [-0.1, -0.05) is 18.2 Å². The lowest BCUT2D eigenvalue weighted by molar-refractivity contribution is 0.415. The Morgan fingerprint density at radius 1 is 1.09 bits per heavy atom. The van der Waals surface area contributed by atoms with Crippen LogP contribution in [0.3, 0.4) is 0 Å². The summed E-state index contributed by atoms with van der Waals surface area (Å²) in [7, 11) is 1.66. The number of ether oxygens (including phenoxy) is 1. The third kappa shape index (κ3) is 3.18. The number of rotatable bonds is 5. The Balaban J connectivity index is 2.13. The number of hydrogen-bond donors (Lipinski definition) is 2. The number of benzene rings is 2. The van der Waals surface area contributed by atoms with Gasteiger partial charge >= 0.3 is 0 Å². The molecule has 1 unspecified atom stereocenters. The summed E-state index contributed by atoms with van der Waals surface area (Å²) in [6.07, 6.45) is 0.746. The minimum absolute atomic E-state index is 0.0927. The second kappa shape index (κ2) is 6.77. The van der Waals surface area contributed by atoms with Crippen LogP contribution in [-0.4, -0.2) is 18.6 Å². The number of fused-ring (bicyclic) bond motifs is 1. The molecule has 0 aliphatic rings. The second-order valence-electron chi connectivity index (χ2n) is 5.53. The fraction of sp³-hybridized carbons (Fsp3) is 0.211. The quantitative estimate of drug-likeness (QED) is 0.758. The van der Waals surface area contributed by atoms with Crippen molar-refractivity contribution in [1.82, 2.24) is 4.98 Å². The first-order valence-electron chi connectivity index (χ1n) is 7.72. The van der Waals surface area contributed by atoms with Gasteiger partial charge in [0.15, 0.2) is 0 Å². The lowest BCUT2D eigenvalue weighted by Gasteiger charge is -2.15. The Bertz CT molecular complexity index is 799. The van der Waals surface area contributed by atoms with E-state index in [1.54, 1.807) is 7.11 Å². The summed E-state index contributed by atoms with van der Waals surface area (Å²) in [5, 5.41) is 1.09. The van der Waals surface area contributed by atoms with Gasteiger partial charge in [0.25, 0.3) is 0 Å². The summed E-state index contributed by atoms with van der Waals surface area (Å²) in [5.74, 6) is 0.828. The molecule has 0 saturated carbocycles. The number of methoxy groups -OCH3 is 1. The van der Waals surface area contributed by atoms with Crippen LogP contribution in [0.1, 0.15) is 18.0 Å². The molecule has 0 aliphatic heterocycles. The fourth-order valence-electron chi connectivity index (χ4n) is 2.75. The van der Waals surface area contributed by atoms with Gasteiger partial charge in [0.1, 0.15) is 5.75 Å². The topological polar surface area (TPSA) is 74.2 Å². The van der Waals surface area contributed by atoms with Crippen LogP contribution < -0.4 is 16.2 Å². The number of hydrogen-bond acceptors (Lipinski definition) is 4. The first-order chi connectivity index (χ1) is 11.2. The van der Waals surface area contributed by atoms with Gasteiger partial charge < -0.3 is 16.2 Å². The standard InChI is InChI=1S/C19H21N3O/c1-23-14-8-6-13(7-9-14)19-12-16(17(21)10-11-20)15-4-2-3-5-18(15)22-19/h2-9,12,17H,10-11,20-21H2,1H3. The molecule has 4 N–H and O–H groups in total. The molecule has 4 nitrogen and oxygen atoms in total. The van der Waals surface area contributed by atoms with Crippen molar-refractivity contribution < 1.29 is 4.74 Å². The van der Waals surface area contributed by atoms with E-state index in [-0.39, 0.29) is 6.04 Å². The van der Waals surface area contributed by atoms with Gasteiger partial charge in [0.05, 0.1) is 18.3 Å². The lowest BCUT2D eigenvalue weighted by atomic mass is 9.97. The SMILES string of the molecule is COc1ccc(-c2cc(C(N)CCN)c3ccccc3n2)cc1. The largest absolute Gasteiger partial charge is 0.497 e. The van der Waals surface area contributed by atoms with Gasteiger partial charge in [0.2, 0.25) is 0 Å².